The quantitative estimate of drug-likeness (QED) is 0.831. The Labute approximate surface area is 101 Å². The highest BCUT2D eigenvalue weighted by Gasteiger charge is 2.51. The van der Waals surface area contributed by atoms with E-state index in [4.69, 9.17) is 5.73 Å². The number of rotatable bonds is 4. The molecule has 0 aromatic heterocycles. The van der Waals surface area contributed by atoms with Gasteiger partial charge >= 0.3 is 5.97 Å². The Kier molecular flexibility index (Phi) is 2.11. The van der Waals surface area contributed by atoms with Crippen molar-refractivity contribution in [1.82, 2.24) is 0 Å². The summed E-state index contributed by atoms with van der Waals surface area (Å²) < 4.78 is 0. The van der Waals surface area contributed by atoms with Gasteiger partial charge in [-0.15, -0.1) is 0 Å². The molecule has 0 radical (unpaired) electrons. The van der Waals surface area contributed by atoms with E-state index < -0.39 is 11.4 Å². The molecule has 0 bridgehead atoms. The molecule has 2 fully saturated rings. The monoisotopic (exact) mass is 231 g/mol. The lowest BCUT2D eigenvalue weighted by Crippen LogP contribution is -2.24. The van der Waals surface area contributed by atoms with Crippen molar-refractivity contribution in [2.75, 3.05) is 0 Å². The van der Waals surface area contributed by atoms with E-state index in [9.17, 15) is 9.90 Å². The molecule has 1 aromatic carbocycles. The smallest absolute Gasteiger partial charge is 0.314 e. The zero-order chi connectivity index (χ0) is 12.1. The number of carboxylic acid groups (broad SMARTS) is 1. The third-order valence-corrected chi connectivity index (χ3v) is 4.11. The molecule has 1 aromatic rings. The van der Waals surface area contributed by atoms with Gasteiger partial charge in [0.05, 0.1) is 5.41 Å². The third kappa shape index (κ3) is 1.84. The Morgan fingerprint density at radius 1 is 1.18 bits per heavy atom. The summed E-state index contributed by atoms with van der Waals surface area (Å²) in [6, 6.07) is 7.99. The van der Waals surface area contributed by atoms with E-state index in [2.05, 4.69) is 0 Å². The van der Waals surface area contributed by atoms with Crippen LogP contribution >= 0.6 is 0 Å². The molecule has 0 atom stereocenters. The van der Waals surface area contributed by atoms with Gasteiger partial charge in [-0.2, -0.15) is 0 Å². The summed E-state index contributed by atoms with van der Waals surface area (Å²) in [4.78, 5) is 11.2. The zero-order valence-electron chi connectivity index (χ0n) is 9.78. The second-order valence-electron chi connectivity index (χ2n) is 5.62. The van der Waals surface area contributed by atoms with Crippen LogP contribution in [-0.2, 0) is 16.6 Å². The first-order valence-corrected chi connectivity index (χ1v) is 6.16. The average molecular weight is 231 g/mol. The topological polar surface area (TPSA) is 63.3 Å². The maximum absolute atomic E-state index is 11.2. The molecule has 3 rings (SSSR count). The zero-order valence-corrected chi connectivity index (χ0v) is 9.78. The number of carboxylic acids is 1. The van der Waals surface area contributed by atoms with E-state index in [0.717, 1.165) is 37.7 Å². The highest BCUT2D eigenvalue weighted by atomic mass is 16.4. The van der Waals surface area contributed by atoms with Gasteiger partial charge in [0, 0.05) is 5.54 Å². The molecule has 3 heteroatoms. The van der Waals surface area contributed by atoms with E-state index in [0.29, 0.717) is 0 Å². The van der Waals surface area contributed by atoms with Crippen LogP contribution in [0.25, 0.3) is 0 Å². The van der Waals surface area contributed by atoms with Crippen molar-refractivity contribution in [1.29, 1.82) is 0 Å². The van der Waals surface area contributed by atoms with E-state index in [1.165, 1.54) is 5.56 Å². The molecule has 2 aliphatic rings. The second kappa shape index (κ2) is 3.33. The highest BCUT2D eigenvalue weighted by Crippen LogP contribution is 2.48. The Hall–Kier alpha value is -1.35. The Morgan fingerprint density at radius 3 is 2.18 bits per heavy atom. The van der Waals surface area contributed by atoms with Gasteiger partial charge in [-0.05, 0) is 43.2 Å². The van der Waals surface area contributed by atoms with Crippen molar-refractivity contribution in [2.45, 2.75) is 43.1 Å². The van der Waals surface area contributed by atoms with Crippen molar-refractivity contribution in [3.8, 4) is 0 Å². The van der Waals surface area contributed by atoms with Gasteiger partial charge in [0.2, 0.25) is 0 Å². The van der Waals surface area contributed by atoms with Gasteiger partial charge in [0.15, 0.2) is 0 Å². The molecule has 2 aliphatic carbocycles. The van der Waals surface area contributed by atoms with Crippen molar-refractivity contribution >= 4 is 5.97 Å². The predicted octanol–water partition coefficient (Wildman–Crippen LogP) is 1.84. The van der Waals surface area contributed by atoms with Gasteiger partial charge in [0.1, 0.15) is 0 Å². The summed E-state index contributed by atoms with van der Waals surface area (Å²) in [6.07, 6.45) is 4.65. The lowest BCUT2D eigenvalue weighted by Gasteiger charge is -2.12. The van der Waals surface area contributed by atoms with Crippen LogP contribution in [0.2, 0.25) is 0 Å². The summed E-state index contributed by atoms with van der Waals surface area (Å²) >= 11 is 0. The van der Waals surface area contributed by atoms with E-state index in [1.807, 2.05) is 24.3 Å². The van der Waals surface area contributed by atoms with Crippen molar-refractivity contribution in [3.05, 3.63) is 35.4 Å². The lowest BCUT2D eigenvalue weighted by molar-refractivity contribution is -0.140. The number of benzene rings is 1. The Morgan fingerprint density at radius 2 is 1.76 bits per heavy atom. The molecule has 0 saturated heterocycles. The third-order valence-electron chi connectivity index (χ3n) is 4.11. The number of carbonyl (C=O) groups is 1. The van der Waals surface area contributed by atoms with Gasteiger partial charge in [0.25, 0.3) is 0 Å². The lowest BCUT2D eigenvalue weighted by atomic mass is 9.94. The van der Waals surface area contributed by atoms with Crippen molar-refractivity contribution in [2.24, 2.45) is 5.73 Å². The molecule has 2 saturated carbocycles. The standard InChI is InChI=1S/C14H17NO2/c15-13(5-6-13)9-10-1-3-11(4-2-10)14(7-8-14)12(16)17/h1-4H,5-9,15H2,(H,16,17). The maximum atomic E-state index is 11.2. The van der Waals surface area contributed by atoms with Crippen LogP contribution < -0.4 is 5.73 Å². The summed E-state index contributed by atoms with van der Waals surface area (Å²) in [5.74, 6) is -0.692. The molecule has 90 valence electrons. The fourth-order valence-electron chi connectivity index (χ4n) is 2.44. The van der Waals surface area contributed by atoms with Crippen LogP contribution in [0.4, 0.5) is 0 Å². The maximum Gasteiger partial charge on any atom is 0.314 e. The fourth-order valence-corrected chi connectivity index (χ4v) is 2.44. The van der Waals surface area contributed by atoms with E-state index >= 15 is 0 Å². The summed E-state index contributed by atoms with van der Waals surface area (Å²) in [5, 5.41) is 9.20. The highest BCUT2D eigenvalue weighted by molar-refractivity contribution is 5.84. The Balaban J connectivity index is 1.78. The molecular weight excluding hydrogens is 214 g/mol. The predicted molar refractivity (Wildman–Crippen MR) is 64.8 cm³/mol. The minimum Gasteiger partial charge on any atom is -0.481 e. The van der Waals surface area contributed by atoms with Gasteiger partial charge in [-0.25, -0.2) is 0 Å². The number of hydrogen-bond acceptors (Lipinski definition) is 2. The molecule has 0 spiro atoms. The molecule has 0 aliphatic heterocycles. The number of aliphatic carboxylic acids is 1. The average Bonchev–Trinajstić information content (AvgIpc) is 3.17. The molecular formula is C14H17NO2. The minimum atomic E-state index is -0.692. The molecule has 0 amide bonds. The van der Waals surface area contributed by atoms with Crippen LogP contribution in [0.3, 0.4) is 0 Å². The van der Waals surface area contributed by atoms with Crippen molar-refractivity contribution in [3.63, 3.8) is 0 Å². The number of nitrogens with two attached hydrogens (primary N) is 1. The van der Waals surface area contributed by atoms with E-state index in [1.54, 1.807) is 0 Å². The van der Waals surface area contributed by atoms with Crippen LogP contribution in [-0.4, -0.2) is 16.6 Å². The van der Waals surface area contributed by atoms with Gasteiger partial charge in [-0.1, -0.05) is 24.3 Å². The number of hydrogen-bond donors (Lipinski definition) is 2. The Bertz CT molecular complexity index is 456. The first-order chi connectivity index (χ1) is 8.04. The fraction of sp³-hybridized carbons (Fsp3) is 0.500. The van der Waals surface area contributed by atoms with Crippen LogP contribution in [0, 0.1) is 0 Å². The minimum absolute atomic E-state index is 0.0194. The second-order valence-corrected chi connectivity index (χ2v) is 5.62. The largest absolute Gasteiger partial charge is 0.481 e. The molecule has 3 N–H and O–H groups in total. The van der Waals surface area contributed by atoms with E-state index in [-0.39, 0.29) is 5.54 Å². The first kappa shape index (κ1) is 10.8. The molecule has 17 heavy (non-hydrogen) atoms. The molecule has 0 unspecified atom stereocenters. The van der Waals surface area contributed by atoms with Crippen molar-refractivity contribution < 1.29 is 9.90 Å². The van der Waals surface area contributed by atoms with Gasteiger partial charge in [-0.3, -0.25) is 4.79 Å². The molecule has 3 nitrogen and oxygen atoms in total. The normalized spacial score (nSPS) is 23.1. The summed E-state index contributed by atoms with van der Waals surface area (Å²) in [6.45, 7) is 0. The van der Waals surface area contributed by atoms with Crippen LogP contribution in [0.5, 0.6) is 0 Å². The molecule has 0 heterocycles. The summed E-state index contributed by atoms with van der Waals surface area (Å²) in [7, 11) is 0. The van der Waals surface area contributed by atoms with Crippen LogP contribution in [0.1, 0.15) is 36.8 Å². The SMILES string of the molecule is NC1(Cc2ccc(C3(C(=O)O)CC3)cc2)CC1. The summed E-state index contributed by atoms with van der Waals surface area (Å²) in [5.41, 5.74) is 7.66. The first-order valence-electron chi connectivity index (χ1n) is 6.16. The van der Waals surface area contributed by atoms with Gasteiger partial charge < -0.3 is 10.8 Å². The van der Waals surface area contributed by atoms with Crippen LogP contribution in [0.15, 0.2) is 24.3 Å².